The summed E-state index contributed by atoms with van der Waals surface area (Å²) in [5.41, 5.74) is 7.41. The number of nitrogens with two attached hydrogens (primary N) is 1. The molecule has 3 rings (SSSR count). The number of halogens is 1. The Morgan fingerprint density at radius 3 is 2.91 bits per heavy atom. The van der Waals surface area contributed by atoms with E-state index in [0.717, 1.165) is 18.5 Å². The van der Waals surface area contributed by atoms with Crippen molar-refractivity contribution in [1.29, 1.82) is 0 Å². The van der Waals surface area contributed by atoms with Crippen LogP contribution in [-0.2, 0) is 4.79 Å². The summed E-state index contributed by atoms with van der Waals surface area (Å²) in [7, 11) is 1.61. The van der Waals surface area contributed by atoms with Gasteiger partial charge in [-0.05, 0) is 30.5 Å². The molecule has 5 nitrogen and oxygen atoms in total. The van der Waals surface area contributed by atoms with Crippen molar-refractivity contribution in [2.75, 3.05) is 33.4 Å². The lowest BCUT2D eigenvalue weighted by Gasteiger charge is -2.25. The number of likely N-dealkylation sites (tertiary alicyclic amines) is 1. The number of carbonyl (C=O) groups excluding carboxylic acids is 1. The van der Waals surface area contributed by atoms with Crippen LogP contribution in [0.5, 0.6) is 11.5 Å². The molecule has 1 unspecified atom stereocenters. The molecule has 1 saturated heterocycles. The molecule has 1 amide bonds. The summed E-state index contributed by atoms with van der Waals surface area (Å²) in [6.07, 6.45) is 2.86. The SMILES string of the molecule is COc1cccc2c1OCC(C(=O)N1CCC(C)(CN)C1)=C2.Cl. The van der Waals surface area contributed by atoms with E-state index in [0.29, 0.717) is 30.2 Å². The van der Waals surface area contributed by atoms with Gasteiger partial charge in [-0.3, -0.25) is 4.79 Å². The van der Waals surface area contributed by atoms with Crippen LogP contribution in [0, 0.1) is 5.41 Å². The number of hydrogen-bond acceptors (Lipinski definition) is 4. The smallest absolute Gasteiger partial charge is 0.253 e. The van der Waals surface area contributed by atoms with Gasteiger partial charge in [0.05, 0.1) is 12.7 Å². The van der Waals surface area contributed by atoms with E-state index < -0.39 is 0 Å². The molecule has 2 aliphatic rings. The molecule has 0 saturated carbocycles. The molecule has 2 aliphatic heterocycles. The van der Waals surface area contributed by atoms with Crippen molar-refractivity contribution in [2.24, 2.45) is 11.1 Å². The number of ether oxygens (including phenoxy) is 2. The number of rotatable bonds is 3. The predicted octanol–water partition coefficient (Wildman–Crippen LogP) is 2.09. The van der Waals surface area contributed by atoms with E-state index in [1.165, 1.54) is 0 Å². The molecule has 2 heterocycles. The Balaban J connectivity index is 0.00000192. The highest BCUT2D eigenvalue weighted by Crippen LogP contribution is 2.36. The van der Waals surface area contributed by atoms with Gasteiger partial charge in [-0.1, -0.05) is 19.1 Å². The van der Waals surface area contributed by atoms with Crippen molar-refractivity contribution in [3.63, 3.8) is 0 Å². The average molecular weight is 339 g/mol. The highest BCUT2D eigenvalue weighted by Gasteiger charge is 2.36. The van der Waals surface area contributed by atoms with Crippen LogP contribution in [0.25, 0.3) is 6.08 Å². The van der Waals surface area contributed by atoms with Crippen LogP contribution in [0.2, 0.25) is 0 Å². The minimum Gasteiger partial charge on any atom is -0.493 e. The molecule has 0 aliphatic carbocycles. The van der Waals surface area contributed by atoms with Gasteiger partial charge in [0.15, 0.2) is 11.5 Å². The van der Waals surface area contributed by atoms with Crippen LogP contribution < -0.4 is 15.2 Å². The predicted molar refractivity (Wildman–Crippen MR) is 92.1 cm³/mol. The molecule has 1 fully saturated rings. The quantitative estimate of drug-likeness (QED) is 0.916. The van der Waals surface area contributed by atoms with E-state index in [-0.39, 0.29) is 30.3 Å². The molecule has 1 aromatic carbocycles. The Hall–Kier alpha value is -1.72. The lowest BCUT2D eigenvalue weighted by atomic mass is 9.90. The molecule has 6 heteroatoms. The fourth-order valence-corrected chi connectivity index (χ4v) is 3.03. The van der Waals surface area contributed by atoms with E-state index in [1.54, 1.807) is 7.11 Å². The number of fused-ring (bicyclic) bond motifs is 1. The van der Waals surface area contributed by atoms with Gasteiger partial charge in [0.2, 0.25) is 0 Å². The first-order valence-electron chi connectivity index (χ1n) is 7.56. The Bertz CT molecular complexity index is 632. The highest BCUT2D eigenvalue weighted by atomic mass is 35.5. The Morgan fingerprint density at radius 2 is 2.26 bits per heavy atom. The summed E-state index contributed by atoms with van der Waals surface area (Å²) in [5.74, 6) is 1.44. The first kappa shape index (κ1) is 17.6. The zero-order valence-electron chi connectivity index (χ0n) is 13.5. The summed E-state index contributed by atoms with van der Waals surface area (Å²) in [6, 6.07) is 5.68. The van der Waals surface area contributed by atoms with Crippen LogP contribution >= 0.6 is 12.4 Å². The summed E-state index contributed by atoms with van der Waals surface area (Å²) in [4.78, 5) is 14.6. The third-order valence-electron chi connectivity index (χ3n) is 4.54. The summed E-state index contributed by atoms with van der Waals surface area (Å²) in [5, 5.41) is 0. The fraction of sp³-hybridized carbons (Fsp3) is 0.471. The van der Waals surface area contributed by atoms with Gasteiger partial charge in [0.1, 0.15) is 6.61 Å². The van der Waals surface area contributed by atoms with Crippen molar-refractivity contribution < 1.29 is 14.3 Å². The number of carbonyl (C=O) groups is 1. The molecule has 126 valence electrons. The lowest BCUT2D eigenvalue weighted by Crippen LogP contribution is -2.36. The summed E-state index contributed by atoms with van der Waals surface area (Å²) >= 11 is 0. The monoisotopic (exact) mass is 338 g/mol. The van der Waals surface area contributed by atoms with Gasteiger partial charge in [0.25, 0.3) is 5.91 Å². The fourth-order valence-electron chi connectivity index (χ4n) is 3.03. The van der Waals surface area contributed by atoms with Crippen molar-refractivity contribution in [3.05, 3.63) is 29.3 Å². The number of methoxy groups -OCH3 is 1. The standard InChI is InChI=1S/C17H22N2O3.ClH/c1-17(10-18)6-7-19(11-17)16(20)13-8-12-4-3-5-14(21-2)15(12)22-9-13;/h3-5,8H,6-7,9-11,18H2,1-2H3;1H. The highest BCUT2D eigenvalue weighted by molar-refractivity contribution is 5.99. The molecule has 23 heavy (non-hydrogen) atoms. The van der Waals surface area contributed by atoms with Crippen molar-refractivity contribution in [2.45, 2.75) is 13.3 Å². The first-order chi connectivity index (χ1) is 10.6. The van der Waals surface area contributed by atoms with Crippen LogP contribution in [0.1, 0.15) is 18.9 Å². The van der Waals surface area contributed by atoms with E-state index in [9.17, 15) is 4.79 Å². The lowest BCUT2D eigenvalue weighted by molar-refractivity contribution is -0.126. The third kappa shape index (κ3) is 3.31. The molecule has 2 N–H and O–H groups in total. The van der Waals surface area contributed by atoms with Gasteiger partial charge in [0, 0.05) is 18.7 Å². The number of para-hydroxylation sites is 1. The van der Waals surface area contributed by atoms with E-state index in [2.05, 4.69) is 6.92 Å². The molecule has 0 radical (unpaired) electrons. The van der Waals surface area contributed by atoms with Gasteiger partial charge in [-0.2, -0.15) is 0 Å². The summed E-state index contributed by atoms with van der Waals surface area (Å²) < 4.78 is 11.0. The second kappa shape index (κ2) is 6.81. The minimum absolute atomic E-state index is 0. The molecular weight excluding hydrogens is 316 g/mol. The van der Waals surface area contributed by atoms with Crippen LogP contribution in [-0.4, -0.2) is 44.2 Å². The number of amides is 1. The van der Waals surface area contributed by atoms with Gasteiger partial charge >= 0.3 is 0 Å². The largest absolute Gasteiger partial charge is 0.493 e. The zero-order valence-corrected chi connectivity index (χ0v) is 14.3. The zero-order chi connectivity index (χ0) is 15.7. The maximum atomic E-state index is 12.7. The molecule has 1 atom stereocenters. The molecule has 0 aromatic heterocycles. The van der Waals surface area contributed by atoms with Crippen molar-refractivity contribution >= 4 is 24.4 Å². The van der Waals surface area contributed by atoms with E-state index >= 15 is 0 Å². The van der Waals surface area contributed by atoms with Gasteiger partial charge in [-0.15, -0.1) is 12.4 Å². The Labute approximate surface area is 142 Å². The number of benzene rings is 1. The van der Waals surface area contributed by atoms with Crippen molar-refractivity contribution in [1.82, 2.24) is 4.90 Å². The second-order valence-electron chi connectivity index (χ2n) is 6.33. The number of nitrogens with zero attached hydrogens (tertiary/aromatic N) is 1. The van der Waals surface area contributed by atoms with E-state index in [1.807, 2.05) is 29.2 Å². The normalized spacial score (nSPS) is 22.6. The first-order valence-corrected chi connectivity index (χ1v) is 7.56. The van der Waals surface area contributed by atoms with Crippen molar-refractivity contribution in [3.8, 4) is 11.5 Å². The summed E-state index contributed by atoms with van der Waals surface area (Å²) in [6.45, 7) is 4.49. The molecule has 0 spiro atoms. The van der Waals surface area contributed by atoms with Gasteiger partial charge < -0.3 is 20.1 Å². The van der Waals surface area contributed by atoms with Crippen LogP contribution in [0.15, 0.2) is 23.8 Å². The van der Waals surface area contributed by atoms with Crippen LogP contribution in [0.3, 0.4) is 0 Å². The molecular formula is C17H23ClN2O3. The van der Waals surface area contributed by atoms with Gasteiger partial charge in [-0.25, -0.2) is 0 Å². The maximum absolute atomic E-state index is 12.7. The second-order valence-corrected chi connectivity index (χ2v) is 6.33. The topological polar surface area (TPSA) is 64.8 Å². The van der Waals surface area contributed by atoms with Crippen LogP contribution in [0.4, 0.5) is 0 Å². The minimum atomic E-state index is 0. The maximum Gasteiger partial charge on any atom is 0.253 e. The van der Waals surface area contributed by atoms with E-state index in [4.69, 9.17) is 15.2 Å². The Morgan fingerprint density at radius 1 is 1.48 bits per heavy atom. The molecule has 1 aromatic rings. The average Bonchev–Trinajstić information content (AvgIpc) is 2.96. The number of hydrogen-bond donors (Lipinski definition) is 1. The Kier molecular flexibility index (Phi) is 5.22. The molecule has 0 bridgehead atoms. The third-order valence-corrected chi connectivity index (χ3v) is 4.54.